The molecule has 134 valence electrons. The molecule has 0 aliphatic heterocycles. The topological polar surface area (TPSA) is 51.0 Å². The van der Waals surface area contributed by atoms with Gasteiger partial charge in [-0.1, -0.05) is 53.7 Å². The Hall–Kier alpha value is -2.31. The van der Waals surface area contributed by atoms with E-state index in [0.717, 1.165) is 11.3 Å². The smallest absolute Gasteiger partial charge is 0.237 e. The van der Waals surface area contributed by atoms with Crippen molar-refractivity contribution in [2.75, 3.05) is 17.7 Å². The monoisotopic (exact) mass is 386 g/mol. The van der Waals surface area contributed by atoms with Crippen molar-refractivity contribution in [2.45, 2.75) is 18.6 Å². The third kappa shape index (κ3) is 3.92. The third-order valence-electron chi connectivity index (χ3n) is 3.99. The summed E-state index contributed by atoms with van der Waals surface area (Å²) in [5, 5.41) is 9.87. The molecule has 7 heteroatoms. The Kier molecular flexibility index (Phi) is 5.96. The highest BCUT2D eigenvalue weighted by molar-refractivity contribution is 7.99. The Morgan fingerprint density at radius 2 is 1.81 bits per heavy atom. The molecule has 0 atom stereocenters. The van der Waals surface area contributed by atoms with E-state index in [1.165, 1.54) is 11.8 Å². The summed E-state index contributed by atoms with van der Waals surface area (Å²) in [6.45, 7) is 2.71. The van der Waals surface area contributed by atoms with Crippen LogP contribution in [-0.2, 0) is 11.3 Å². The van der Waals surface area contributed by atoms with Crippen molar-refractivity contribution in [2.24, 2.45) is 0 Å². The minimum absolute atomic E-state index is 0.00569. The molecule has 0 N–H and O–H groups in total. The number of nitrogens with zero attached hydrogens (tertiary/aromatic N) is 4. The number of hydrogen-bond donors (Lipinski definition) is 0. The summed E-state index contributed by atoms with van der Waals surface area (Å²) in [6, 6.07) is 17.1. The number of benzene rings is 2. The molecule has 26 heavy (non-hydrogen) atoms. The molecule has 2 aromatic carbocycles. The Labute approximate surface area is 162 Å². The normalized spacial score (nSPS) is 10.7. The van der Waals surface area contributed by atoms with Crippen LogP contribution in [0.4, 0.5) is 5.69 Å². The van der Waals surface area contributed by atoms with Crippen molar-refractivity contribution >= 4 is 35.0 Å². The summed E-state index contributed by atoms with van der Waals surface area (Å²) in [5.74, 6) is 1.00. The van der Waals surface area contributed by atoms with Crippen LogP contribution in [0, 0.1) is 0 Å². The minimum atomic E-state index is 0.00569. The van der Waals surface area contributed by atoms with Crippen LogP contribution < -0.4 is 4.90 Å². The number of amides is 1. The van der Waals surface area contributed by atoms with E-state index in [1.807, 2.05) is 66.1 Å². The number of hydrogen-bond acceptors (Lipinski definition) is 4. The van der Waals surface area contributed by atoms with Gasteiger partial charge in [0.05, 0.1) is 10.8 Å². The highest BCUT2D eigenvalue weighted by atomic mass is 35.5. The summed E-state index contributed by atoms with van der Waals surface area (Å²) in [6.07, 6.45) is 0. The van der Waals surface area contributed by atoms with Crippen LogP contribution in [0.5, 0.6) is 0 Å². The van der Waals surface area contributed by atoms with Gasteiger partial charge in [-0.25, -0.2) is 0 Å². The summed E-state index contributed by atoms with van der Waals surface area (Å²) < 4.78 is 1.97. The van der Waals surface area contributed by atoms with E-state index in [1.54, 1.807) is 11.9 Å². The Morgan fingerprint density at radius 1 is 1.12 bits per heavy atom. The van der Waals surface area contributed by atoms with Gasteiger partial charge in [0.25, 0.3) is 0 Å². The maximum absolute atomic E-state index is 12.5. The largest absolute Gasteiger partial charge is 0.315 e. The van der Waals surface area contributed by atoms with Crippen molar-refractivity contribution < 1.29 is 4.79 Å². The van der Waals surface area contributed by atoms with Crippen LogP contribution in [0.1, 0.15) is 6.92 Å². The van der Waals surface area contributed by atoms with Gasteiger partial charge in [-0.05, 0) is 31.2 Å². The number of carbonyl (C=O) groups is 1. The molecule has 3 rings (SSSR count). The van der Waals surface area contributed by atoms with E-state index < -0.39 is 0 Å². The Morgan fingerprint density at radius 3 is 2.50 bits per heavy atom. The number of aromatic nitrogens is 3. The molecule has 0 saturated heterocycles. The number of anilines is 1. The van der Waals surface area contributed by atoms with Crippen molar-refractivity contribution in [3.63, 3.8) is 0 Å². The van der Waals surface area contributed by atoms with E-state index >= 15 is 0 Å². The number of thioether (sulfide) groups is 1. The first kappa shape index (κ1) is 18.5. The maximum Gasteiger partial charge on any atom is 0.237 e. The fourth-order valence-electron chi connectivity index (χ4n) is 2.54. The number of para-hydroxylation sites is 1. The molecule has 0 bridgehead atoms. The zero-order valence-electron chi connectivity index (χ0n) is 14.6. The van der Waals surface area contributed by atoms with Crippen LogP contribution in [-0.4, -0.2) is 33.5 Å². The Balaban J connectivity index is 1.75. The van der Waals surface area contributed by atoms with Gasteiger partial charge < -0.3 is 9.47 Å². The summed E-state index contributed by atoms with van der Waals surface area (Å²) in [5.41, 5.74) is 1.70. The lowest BCUT2D eigenvalue weighted by Crippen LogP contribution is -2.27. The maximum atomic E-state index is 12.5. The molecule has 0 aliphatic carbocycles. The summed E-state index contributed by atoms with van der Waals surface area (Å²) in [7, 11) is 1.78. The first-order valence-electron chi connectivity index (χ1n) is 8.24. The summed E-state index contributed by atoms with van der Waals surface area (Å²) >= 11 is 7.66. The first-order valence-corrected chi connectivity index (χ1v) is 9.60. The molecule has 0 saturated carbocycles. The van der Waals surface area contributed by atoms with Crippen molar-refractivity contribution in [1.82, 2.24) is 14.8 Å². The second-order valence-corrected chi connectivity index (χ2v) is 6.96. The Bertz CT molecular complexity index is 898. The van der Waals surface area contributed by atoms with E-state index in [0.29, 0.717) is 22.5 Å². The molecule has 0 radical (unpaired) electrons. The lowest BCUT2D eigenvalue weighted by Gasteiger charge is -2.17. The second-order valence-electron chi connectivity index (χ2n) is 5.61. The summed E-state index contributed by atoms with van der Waals surface area (Å²) in [4.78, 5) is 14.1. The zero-order valence-corrected chi connectivity index (χ0v) is 16.2. The average molecular weight is 387 g/mol. The van der Waals surface area contributed by atoms with Crippen LogP contribution in [0.2, 0.25) is 5.02 Å². The van der Waals surface area contributed by atoms with Crippen molar-refractivity contribution in [3.05, 3.63) is 59.6 Å². The van der Waals surface area contributed by atoms with Gasteiger partial charge in [-0.2, -0.15) is 0 Å². The van der Waals surface area contributed by atoms with E-state index in [4.69, 9.17) is 11.6 Å². The minimum Gasteiger partial charge on any atom is -0.315 e. The fourth-order valence-corrected chi connectivity index (χ4v) is 3.68. The van der Waals surface area contributed by atoms with Gasteiger partial charge in [0.15, 0.2) is 11.0 Å². The lowest BCUT2D eigenvalue weighted by molar-refractivity contribution is -0.115. The quantitative estimate of drug-likeness (QED) is 0.590. The number of carbonyl (C=O) groups excluding carboxylic acids is 1. The fraction of sp³-hybridized carbons (Fsp3) is 0.211. The van der Waals surface area contributed by atoms with Crippen LogP contribution in [0.3, 0.4) is 0 Å². The SMILES string of the molecule is CCn1c(SCC(=O)N(C)c2ccccc2)nnc1-c1ccccc1Cl. The van der Waals surface area contributed by atoms with Gasteiger partial charge in [0.1, 0.15) is 0 Å². The second kappa shape index (κ2) is 8.38. The van der Waals surface area contributed by atoms with Gasteiger partial charge in [-0.15, -0.1) is 10.2 Å². The molecule has 1 amide bonds. The predicted octanol–water partition coefficient (Wildman–Crippen LogP) is 4.37. The highest BCUT2D eigenvalue weighted by Gasteiger charge is 2.17. The molecule has 0 fully saturated rings. The standard InChI is InChI=1S/C19H19ClN4OS/c1-3-24-18(15-11-7-8-12-16(15)20)21-22-19(24)26-13-17(25)23(2)14-9-5-4-6-10-14/h4-12H,3,13H2,1-2H3. The molecular formula is C19H19ClN4OS. The van der Waals surface area contributed by atoms with E-state index in [9.17, 15) is 4.79 Å². The van der Waals surface area contributed by atoms with Crippen LogP contribution in [0.15, 0.2) is 59.8 Å². The molecule has 1 heterocycles. The van der Waals surface area contributed by atoms with Crippen molar-refractivity contribution in [1.29, 1.82) is 0 Å². The van der Waals surface area contributed by atoms with Gasteiger partial charge in [0.2, 0.25) is 5.91 Å². The number of rotatable bonds is 6. The predicted molar refractivity (Wildman–Crippen MR) is 107 cm³/mol. The van der Waals surface area contributed by atoms with E-state index in [-0.39, 0.29) is 11.7 Å². The molecular weight excluding hydrogens is 368 g/mol. The molecule has 3 aromatic rings. The van der Waals surface area contributed by atoms with Gasteiger partial charge in [-0.3, -0.25) is 4.79 Å². The average Bonchev–Trinajstić information content (AvgIpc) is 3.09. The van der Waals surface area contributed by atoms with Gasteiger partial charge in [0, 0.05) is 24.8 Å². The van der Waals surface area contributed by atoms with E-state index in [2.05, 4.69) is 10.2 Å². The molecule has 0 spiro atoms. The molecule has 1 aromatic heterocycles. The van der Waals surface area contributed by atoms with Crippen molar-refractivity contribution in [3.8, 4) is 11.4 Å². The van der Waals surface area contributed by atoms with Crippen LogP contribution >= 0.6 is 23.4 Å². The molecule has 0 unspecified atom stereocenters. The van der Waals surface area contributed by atoms with Crippen LogP contribution in [0.25, 0.3) is 11.4 Å². The molecule has 0 aliphatic rings. The number of halogens is 1. The zero-order chi connectivity index (χ0) is 18.5. The molecule has 5 nitrogen and oxygen atoms in total. The third-order valence-corrected chi connectivity index (χ3v) is 5.27. The first-order chi connectivity index (χ1) is 12.6. The highest BCUT2D eigenvalue weighted by Crippen LogP contribution is 2.29. The lowest BCUT2D eigenvalue weighted by atomic mass is 10.2. The van der Waals surface area contributed by atoms with Gasteiger partial charge >= 0.3 is 0 Å².